The van der Waals surface area contributed by atoms with Crippen molar-refractivity contribution in [2.24, 2.45) is 0 Å². The molecule has 0 atom stereocenters. The van der Waals surface area contributed by atoms with Crippen LogP contribution in [0.2, 0.25) is 0 Å². The minimum absolute atomic E-state index is 0.509. The smallest absolute Gasteiger partial charge is 0.454 e. The number of hydrogen-bond donors (Lipinski definition) is 0. The van der Waals surface area contributed by atoms with Gasteiger partial charge < -0.3 is 4.74 Å². The van der Waals surface area contributed by atoms with Crippen molar-refractivity contribution in [3.8, 4) is 5.75 Å². The van der Waals surface area contributed by atoms with E-state index in [1.54, 1.807) is 24.3 Å². The van der Waals surface area contributed by atoms with Crippen LogP contribution in [-0.2, 0) is 4.79 Å². The van der Waals surface area contributed by atoms with Gasteiger partial charge in [0.25, 0.3) is 5.78 Å². The molecule has 0 aliphatic carbocycles. The SMILES string of the molecule is COc1ccc(S/C=C/C(=O)C(F)(F)F)cc1. The number of ketones is 1. The first-order valence-electron chi connectivity index (χ1n) is 4.52. The van der Waals surface area contributed by atoms with Gasteiger partial charge in [0.2, 0.25) is 0 Å². The Morgan fingerprint density at radius 1 is 1.29 bits per heavy atom. The fourth-order valence-electron chi connectivity index (χ4n) is 0.923. The van der Waals surface area contributed by atoms with Gasteiger partial charge in [0.1, 0.15) is 5.75 Å². The van der Waals surface area contributed by atoms with E-state index in [1.807, 2.05) is 0 Å². The molecule has 92 valence electrons. The van der Waals surface area contributed by atoms with Gasteiger partial charge in [-0.2, -0.15) is 13.2 Å². The number of carbonyl (C=O) groups is 1. The third-order valence-electron chi connectivity index (χ3n) is 1.76. The summed E-state index contributed by atoms with van der Waals surface area (Å²) in [5.74, 6) is -1.21. The number of halogens is 3. The quantitative estimate of drug-likeness (QED) is 0.614. The zero-order valence-electron chi connectivity index (χ0n) is 8.82. The predicted octanol–water partition coefficient (Wildman–Crippen LogP) is 3.43. The van der Waals surface area contributed by atoms with Gasteiger partial charge in [-0.15, -0.1) is 0 Å². The third kappa shape index (κ3) is 4.52. The molecule has 2 nitrogen and oxygen atoms in total. The summed E-state index contributed by atoms with van der Waals surface area (Å²) in [5, 5.41) is 1.11. The van der Waals surface area contributed by atoms with E-state index in [1.165, 1.54) is 7.11 Å². The van der Waals surface area contributed by atoms with Crippen molar-refractivity contribution in [2.75, 3.05) is 7.11 Å². The van der Waals surface area contributed by atoms with Crippen molar-refractivity contribution in [2.45, 2.75) is 11.1 Å². The maximum absolute atomic E-state index is 11.8. The van der Waals surface area contributed by atoms with Gasteiger partial charge in [-0.25, -0.2) is 0 Å². The zero-order valence-corrected chi connectivity index (χ0v) is 9.64. The second kappa shape index (κ2) is 5.77. The van der Waals surface area contributed by atoms with Gasteiger partial charge >= 0.3 is 6.18 Å². The largest absolute Gasteiger partial charge is 0.497 e. The molecular formula is C11H9F3O2S. The third-order valence-corrected chi connectivity index (χ3v) is 2.58. The van der Waals surface area contributed by atoms with E-state index in [9.17, 15) is 18.0 Å². The molecule has 0 fully saturated rings. The summed E-state index contributed by atoms with van der Waals surface area (Å²) in [4.78, 5) is 11.2. The van der Waals surface area contributed by atoms with E-state index in [4.69, 9.17) is 4.74 Å². The van der Waals surface area contributed by atoms with Gasteiger partial charge in [-0.05, 0) is 35.7 Å². The van der Waals surface area contributed by atoms with Crippen molar-refractivity contribution >= 4 is 17.5 Å². The van der Waals surface area contributed by atoms with Crippen LogP contribution in [0.4, 0.5) is 13.2 Å². The fraction of sp³-hybridized carbons (Fsp3) is 0.182. The summed E-state index contributed by atoms with van der Waals surface area (Å²) in [6, 6.07) is 6.74. The normalized spacial score (nSPS) is 11.8. The molecule has 0 bridgehead atoms. The Hall–Kier alpha value is -1.43. The maximum Gasteiger partial charge on any atom is 0.454 e. The van der Waals surface area contributed by atoms with Crippen molar-refractivity contribution in [1.29, 1.82) is 0 Å². The standard InChI is InChI=1S/C11H9F3O2S/c1-16-8-2-4-9(5-3-8)17-7-6-10(15)11(12,13)14/h2-7H,1H3/b7-6+. The number of carbonyl (C=O) groups excluding carboxylic acids is 1. The van der Waals surface area contributed by atoms with Gasteiger partial charge in [-0.1, -0.05) is 11.8 Å². The summed E-state index contributed by atoms with van der Waals surface area (Å²) in [6.07, 6.45) is -4.30. The van der Waals surface area contributed by atoms with Gasteiger partial charge in [-0.3, -0.25) is 4.79 Å². The van der Waals surface area contributed by atoms with Gasteiger partial charge in [0.05, 0.1) is 7.11 Å². The number of allylic oxidation sites excluding steroid dienone is 1. The highest BCUT2D eigenvalue weighted by Crippen LogP contribution is 2.23. The molecule has 0 aliphatic rings. The lowest BCUT2D eigenvalue weighted by molar-refractivity contribution is -0.165. The maximum atomic E-state index is 11.8. The molecule has 1 rings (SSSR count). The molecule has 1 aromatic rings. The summed E-state index contributed by atoms with van der Waals surface area (Å²) in [6.45, 7) is 0. The number of ether oxygens (including phenoxy) is 1. The average Bonchev–Trinajstić information content (AvgIpc) is 2.28. The first-order chi connectivity index (χ1) is 7.93. The van der Waals surface area contributed by atoms with Crippen molar-refractivity contribution in [3.63, 3.8) is 0 Å². The summed E-state index contributed by atoms with van der Waals surface area (Å²) in [5.41, 5.74) is 0. The molecule has 0 heterocycles. The molecule has 0 spiro atoms. The molecule has 0 unspecified atom stereocenters. The second-order valence-corrected chi connectivity index (χ2v) is 3.94. The molecule has 1 aromatic carbocycles. The molecule has 0 aliphatic heterocycles. The van der Waals surface area contributed by atoms with Crippen LogP contribution in [0.25, 0.3) is 0 Å². The van der Waals surface area contributed by atoms with Crippen LogP contribution in [0.15, 0.2) is 40.6 Å². The Kier molecular flexibility index (Phi) is 4.62. The molecule has 6 heteroatoms. The van der Waals surface area contributed by atoms with Crippen LogP contribution in [0.5, 0.6) is 5.75 Å². The Balaban J connectivity index is 2.55. The van der Waals surface area contributed by atoms with Crippen LogP contribution in [-0.4, -0.2) is 19.1 Å². The summed E-state index contributed by atoms with van der Waals surface area (Å²) in [7, 11) is 1.52. The number of benzene rings is 1. The number of hydrogen-bond acceptors (Lipinski definition) is 3. The van der Waals surface area contributed by atoms with Crippen LogP contribution >= 0.6 is 11.8 Å². The van der Waals surface area contributed by atoms with E-state index in [-0.39, 0.29) is 0 Å². The Morgan fingerprint density at radius 2 is 1.88 bits per heavy atom. The molecule has 0 saturated carbocycles. The summed E-state index contributed by atoms with van der Waals surface area (Å²) < 4.78 is 40.5. The topological polar surface area (TPSA) is 26.3 Å². The highest BCUT2D eigenvalue weighted by molar-refractivity contribution is 8.02. The van der Waals surface area contributed by atoms with Crippen molar-refractivity contribution < 1.29 is 22.7 Å². The van der Waals surface area contributed by atoms with E-state index < -0.39 is 12.0 Å². The Bertz CT molecular complexity index is 410. The number of methoxy groups -OCH3 is 1. The highest BCUT2D eigenvalue weighted by Gasteiger charge is 2.35. The molecule has 17 heavy (non-hydrogen) atoms. The highest BCUT2D eigenvalue weighted by atomic mass is 32.2. The second-order valence-electron chi connectivity index (χ2n) is 2.96. The van der Waals surface area contributed by atoms with Crippen molar-refractivity contribution in [3.05, 3.63) is 35.7 Å². The first kappa shape index (κ1) is 13.6. The first-order valence-corrected chi connectivity index (χ1v) is 5.40. The molecule has 0 aromatic heterocycles. The lowest BCUT2D eigenvalue weighted by Gasteiger charge is -2.01. The van der Waals surface area contributed by atoms with Crippen LogP contribution in [0, 0.1) is 0 Å². The lowest BCUT2D eigenvalue weighted by atomic mass is 10.3. The van der Waals surface area contributed by atoms with E-state index >= 15 is 0 Å². The fourth-order valence-corrected chi connectivity index (χ4v) is 1.57. The molecule has 0 saturated heterocycles. The van der Waals surface area contributed by atoms with E-state index in [2.05, 4.69) is 0 Å². The molecule has 0 N–H and O–H groups in total. The predicted molar refractivity (Wildman–Crippen MR) is 59.1 cm³/mol. The molecule has 0 amide bonds. The lowest BCUT2D eigenvalue weighted by Crippen LogP contribution is -2.19. The summed E-state index contributed by atoms with van der Waals surface area (Å²) >= 11 is 1.03. The van der Waals surface area contributed by atoms with Crippen LogP contribution in [0.1, 0.15) is 0 Å². The van der Waals surface area contributed by atoms with Gasteiger partial charge in [0, 0.05) is 4.90 Å². The van der Waals surface area contributed by atoms with Gasteiger partial charge in [0.15, 0.2) is 0 Å². The average molecular weight is 262 g/mol. The Labute approximate surface area is 100 Å². The minimum Gasteiger partial charge on any atom is -0.497 e. The monoisotopic (exact) mass is 262 g/mol. The minimum atomic E-state index is -4.81. The van der Waals surface area contributed by atoms with E-state index in [0.29, 0.717) is 11.8 Å². The molecule has 0 radical (unpaired) electrons. The number of thioether (sulfide) groups is 1. The molecular weight excluding hydrogens is 253 g/mol. The zero-order chi connectivity index (χ0) is 12.9. The van der Waals surface area contributed by atoms with Crippen molar-refractivity contribution in [1.82, 2.24) is 0 Å². The van der Waals surface area contributed by atoms with Crippen LogP contribution in [0.3, 0.4) is 0 Å². The Morgan fingerprint density at radius 3 is 2.35 bits per heavy atom. The number of rotatable bonds is 4. The number of alkyl halides is 3. The van der Waals surface area contributed by atoms with E-state index in [0.717, 1.165) is 22.1 Å². The van der Waals surface area contributed by atoms with Crippen LogP contribution < -0.4 is 4.74 Å².